The van der Waals surface area contributed by atoms with Crippen molar-refractivity contribution in [2.24, 2.45) is 5.92 Å². The van der Waals surface area contributed by atoms with Crippen molar-refractivity contribution in [3.8, 4) is 5.88 Å². The SMILES string of the molecule is Cc1cc(NC(=O)c2nnc(Nc3ccc(F)c(F)c3)o2)cnc1OC(=O)C1CCN(C)CC1. The Labute approximate surface area is 193 Å². The van der Waals surface area contributed by atoms with Crippen molar-refractivity contribution in [3.63, 3.8) is 0 Å². The maximum atomic E-state index is 13.3. The number of ether oxygens (including phenoxy) is 1. The van der Waals surface area contributed by atoms with Gasteiger partial charge in [-0.25, -0.2) is 13.8 Å². The van der Waals surface area contributed by atoms with Gasteiger partial charge in [0.1, 0.15) is 0 Å². The molecule has 1 saturated heterocycles. The second-order valence-electron chi connectivity index (χ2n) is 7.97. The highest BCUT2D eigenvalue weighted by atomic mass is 19.2. The second-order valence-corrected chi connectivity index (χ2v) is 7.97. The summed E-state index contributed by atoms with van der Waals surface area (Å²) < 4.78 is 37.0. The lowest BCUT2D eigenvalue weighted by Gasteiger charge is -2.27. The number of anilines is 3. The van der Waals surface area contributed by atoms with Crippen LogP contribution in [0.15, 0.2) is 34.9 Å². The summed E-state index contributed by atoms with van der Waals surface area (Å²) in [5, 5.41) is 12.4. The molecule has 4 rings (SSSR count). The van der Waals surface area contributed by atoms with Crippen molar-refractivity contribution in [1.29, 1.82) is 0 Å². The maximum absolute atomic E-state index is 13.3. The summed E-state index contributed by atoms with van der Waals surface area (Å²) in [4.78, 5) is 31.1. The number of piperidine rings is 1. The van der Waals surface area contributed by atoms with E-state index < -0.39 is 17.5 Å². The van der Waals surface area contributed by atoms with E-state index in [-0.39, 0.29) is 35.4 Å². The molecule has 1 fully saturated rings. The number of carbonyl (C=O) groups is 2. The third kappa shape index (κ3) is 5.52. The van der Waals surface area contributed by atoms with Crippen LogP contribution in [0.3, 0.4) is 0 Å². The molecule has 178 valence electrons. The predicted octanol–water partition coefficient (Wildman–Crippen LogP) is 3.29. The minimum atomic E-state index is -1.05. The molecule has 3 aromatic rings. The second kappa shape index (κ2) is 9.91. The summed E-state index contributed by atoms with van der Waals surface area (Å²) in [6.07, 6.45) is 2.82. The third-order valence-corrected chi connectivity index (χ3v) is 5.33. The van der Waals surface area contributed by atoms with E-state index in [0.29, 0.717) is 11.3 Å². The predicted molar refractivity (Wildman–Crippen MR) is 117 cm³/mol. The van der Waals surface area contributed by atoms with E-state index in [1.54, 1.807) is 13.0 Å². The first-order chi connectivity index (χ1) is 16.3. The van der Waals surface area contributed by atoms with E-state index in [1.165, 1.54) is 12.3 Å². The molecule has 3 heterocycles. The quantitative estimate of drug-likeness (QED) is 0.520. The Kier molecular flexibility index (Phi) is 6.77. The molecule has 12 heteroatoms. The van der Waals surface area contributed by atoms with Crippen LogP contribution in [0.2, 0.25) is 0 Å². The molecule has 0 saturated carbocycles. The number of nitrogens with one attached hydrogen (secondary N) is 2. The molecule has 1 aliphatic heterocycles. The molecule has 0 radical (unpaired) electrons. The number of aromatic nitrogens is 3. The lowest BCUT2D eigenvalue weighted by Crippen LogP contribution is -2.35. The van der Waals surface area contributed by atoms with E-state index in [9.17, 15) is 18.4 Å². The van der Waals surface area contributed by atoms with Crippen molar-refractivity contribution in [2.75, 3.05) is 30.8 Å². The van der Waals surface area contributed by atoms with Gasteiger partial charge in [-0.1, -0.05) is 5.10 Å². The molecule has 2 N–H and O–H groups in total. The highest BCUT2D eigenvalue weighted by molar-refractivity contribution is 6.00. The van der Waals surface area contributed by atoms with Gasteiger partial charge in [0, 0.05) is 17.3 Å². The molecule has 0 bridgehead atoms. The fourth-order valence-electron chi connectivity index (χ4n) is 3.41. The van der Waals surface area contributed by atoms with Gasteiger partial charge in [0.2, 0.25) is 5.88 Å². The number of esters is 1. The first kappa shape index (κ1) is 23.2. The van der Waals surface area contributed by atoms with Gasteiger partial charge in [0.25, 0.3) is 0 Å². The van der Waals surface area contributed by atoms with Crippen molar-refractivity contribution >= 4 is 29.3 Å². The monoisotopic (exact) mass is 472 g/mol. The molecule has 1 amide bonds. The van der Waals surface area contributed by atoms with Crippen molar-refractivity contribution < 1.29 is 27.5 Å². The smallest absolute Gasteiger partial charge is 0.320 e. The lowest BCUT2D eigenvalue weighted by molar-refractivity contribution is -0.140. The Balaban J connectivity index is 1.35. The Morgan fingerprint density at radius 2 is 1.88 bits per heavy atom. The first-order valence-corrected chi connectivity index (χ1v) is 10.5. The van der Waals surface area contributed by atoms with Crippen LogP contribution in [0.1, 0.15) is 29.1 Å². The molecule has 2 aromatic heterocycles. The molecule has 34 heavy (non-hydrogen) atoms. The number of likely N-dealkylation sites (tertiary alicyclic amines) is 1. The number of aryl methyl sites for hydroxylation is 1. The van der Waals surface area contributed by atoms with E-state index in [2.05, 4.69) is 30.7 Å². The van der Waals surface area contributed by atoms with Gasteiger partial charge in [-0.15, -0.1) is 5.10 Å². The summed E-state index contributed by atoms with van der Waals surface area (Å²) >= 11 is 0. The zero-order valence-electron chi connectivity index (χ0n) is 18.5. The highest BCUT2D eigenvalue weighted by Gasteiger charge is 2.26. The van der Waals surface area contributed by atoms with E-state index >= 15 is 0 Å². The molecular formula is C22H22F2N6O4. The van der Waals surface area contributed by atoms with Crippen LogP contribution in [0.4, 0.5) is 26.2 Å². The Morgan fingerprint density at radius 1 is 1.12 bits per heavy atom. The number of hydrogen-bond donors (Lipinski definition) is 2. The van der Waals surface area contributed by atoms with E-state index in [4.69, 9.17) is 9.15 Å². The van der Waals surface area contributed by atoms with Crippen LogP contribution < -0.4 is 15.4 Å². The number of benzene rings is 1. The molecule has 0 spiro atoms. The fraction of sp³-hybridized carbons (Fsp3) is 0.318. The normalized spacial score (nSPS) is 14.6. The molecule has 1 aliphatic rings. The minimum absolute atomic E-state index is 0.163. The van der Waals surface area contributed by atoms with Gasteiger partial charge in [-0.2, -0.15) is 0 Å². The molecule has 0 unspecified atom stereocenters. The summed E-state index contributed by atoms with van der Waals surface area (Å²) in [5.41, 5.74) is 1.06. The summed E-state index contributed by atoms with van der Waals surface area (Å²) in [6.45, 7) is 3.38. The average molecular weight is 472 g/mol. The Hall–Kier alpha value is -3.93. The number of amides is 1. The minimum Gasteiger partial charge on any atom is -0.407 e. The first-order valence-electron chi connectivity index (χ1n) is 10.5. The summed E-state index contributed by atoms with van der Waals surface area (Å²) in [6, 6.07) is 4.54. The molecule has 10 nitrogen and oxygen atoms in total. The van der Waals surface area contributed by atoms with Crippen molar-refractivity contribution in [3.05, 3.63) is 53.6 Å². The van der Waals surface area contributed by atoms with Gasteiger partial charge < -0.3 is 24.7 Å². The summed E-state index contributed by atoms with van der Waals surface area (Å²) in [5.74, 6) is -3.41. The number of pyridine rings is 1. The van der Waals surface area contributed by atoms with E-state index in [1.807, 2.05) is 7.05 Å². The van der Waals surface area contributed by atoms with Crippen LogP contribution in [0, 0.1) is 24.5 Å². The van der Waals surface area contributed by atoms with Gasteiger partial charge in [0.15, 0.2) is 11.6 Å². The highest BCUT2D eigenvalue weighted by Crippen LogP contribution is 2.23. The number of halogens is 2. The molecule has 0 atom stereocenters. The van der Waals surface area contributed by atoms with Crippen molar-refractivity contribution in [2.45, 2.75) is 19.8 Å². The van der Waals surface area contributed by atoms with Gasteiger partial charge in [0.05, 0.1) is 17.8 Å². The molecular weight excluding hydrogens is 450 g/mol. The van der Waals surface area contributed by atoms with Gasteiger partial charge in [-0.3, -0.25) is 9.59 Å². The topological polar surface area (TPSA) is 122 Å². The average Bonchev–Trinajstić information content (AvgIpc) is 3.27. The van der Waals surface area contributed by atoms with Crippen LogP contribution >= 0.6 is 0 Å². The number of carbonyl (C=O) groups excluding carboxylic acids is 2. The fourth-order valence-corrected chi connectivity index (χ4v) is 3.41. The largest absolute Gasteiger partial charge is 0.407 e. The van der Waals surface area contributed by atoms with Crippen LogP contribution in [0.25, 0.3) is 0 Å². The van der Waals surface area contributed by atoms with Crippen molar-refractivity contribution in [1.82, 2.24) is 20.1 Å². The third-order valence-electron chi connectivity index (χ3n) is 5.33. The Bertz CT molecular complexity index is 1210. The molecule has 1 aromatic carbocycles. The van der Waals surface area contributed by atoms with E-state index in [0.717, 1.165) is 38.1 Å². The lowest BCUT2D eigenvalue weighted by atomic mass is 9.97. The number of hydrogen-bond acceptors (Lipinski definition) is 9. The Morgan fingerprint density at radius 3 is 2.59 bits per heavy atom. The van der Waals surface area contributed by atoms with Gasteiger partial charge >= 0.3 is 23.8 Å². The summed E-state index contributed by atoms with van der Waals surface area (Å²) in [7, 11) is 2.01. The zero-order chi connectivity index (χ0) is 24.2. The van der Waals surface area contributed by atoms with Crippen LogP contribution in [-0.4, -0.2) is 52.1 Å². The number of nitrogens with zero attached hydrogens (tertiary/aromatic N) is 4. The van der Waals surface area contributed by atoms with Gasteiger partial charge in [-0.05, 0) is 58.1 Å². The standard InChI is InChI=1S/C22H22F2N6O4/c1-12-9-15(11-25-19(12)33-21(32)13-5-7-30(2)8-6-13)26-18(31)20-28-29-22(34-20)27-14-3-4-16(23)17(24)10-14/h3-4,9-11,13H,5-8H2,1-2H3,(H,26,31)(H,27,29). The zero-order valence-corrected chi connectivity index (χ0v) is 18.5. The van der Waals surface area contributed by atoms with Crippen LogP contribution in [-0.2, 0) is 4.79 Å². The maximum Gasteiger partial charge on any atom is 0.320 e. The van der Waals surface area contributed by atoms with Crippen LogP contribution in [0.5, 0.6) is 5.88 Å². The number of rotatable bonds is 6. The molecule has 0 aliphatic carbocycles.